The van der Waals surface area contributed by atoms with Gasteiger partial charge in [-0.05, 0) is 46.5 Å². The molecule has 1 rings (SSSR count). The Morgan fingerprint density at radius 2 is 2.00 bits per heavy atom. The van der Waals surface area contributed by atoms with Crippen molar-refractivity contribution in [2.45, 2.75) is 52.5 Å². The number of nitrogens with zero attached hydrogens (tertiary/aromatic N) is 1. The Hall–Kier alpha value is -1.58. The lowest BCUT2D eigenvalue weighted by Gasteiger charge is -2.19. The molecule has 0 spiro atoms. The highest BCUT2D eigenvalue weighted by atomic mass is 16.4. The fraction of sp³-hybridized carbons (Fsp3) is 0.600. The molecule has 1 fully saturated rings. The van der Waals surface area contributed by atoms with Gasteiger partial charge >= 0.3 is 5.97 Å². The fourth-order valence-electron chi connectivity index (χ4n) is 2.24. The summed E-state index contributed by atoms with van der Waals surface area (Å²) in [5.74, 6) is -1.07. The summed E-state index contributed by atoms with van der Waals surface area (Å²) in [6.45, 7) is 6.56. The van der Waals surface area contributed by atoms with E-state index in [1.165, 1.54) is 10.5 Å². The predicted molar refractivity (Wildman–Crippen MR) is 74.8 cm³/mol. The summed E-state index contributed by atoms with van der Waals surface area (Å²) in [5, 5.41) is 9.05. The van der Waals surface area contributed by atoms with E-state index in [0.717, 1.165) is 24.8 Å². The number of hydrogen-bond acceptors (Lipinski definition) is 2. The van der Waals surface area contributed by atoms with Gasteiger partial charge in [0.05, 0.1) is 0 Å². The minimum absolute atomic E-state index is 0.167. The molecule has 1 amide bonds. The van der Waals surface area contributed by atoms with Gasteiger partial charge in [-0.1, -0.05) is 17.2 Å². The maximum Gasteiger partial charge on any atom is 0.326 e. The van der Waals surface area contributed by atoms with Gasteiger partial charge in [0.1, 0.15) is 6.04 Å². The summed E-state index contributed by atoms with van der Waals surface area (Å²) in [6, 6.07) is -0.644. The molecule has 0 saturated carbocycles. The fourth-order valence-corrected chi connectivity index (χ4v) is 2.24. The maximum absolute atomic E-state index is 12.0. The molecule has 0 aromatic heterocycles. The third kappa shape index (κ3) is 4.89. The Labute approximate surface area is 114 Å². The molecule has 1 unspecified atom stereocenters. The van der Waals surface area contributed by atoms with Crippen LogP contribution in [0.3, 0.4) is 0 Å². The van der Waals surface area contributed by atoms with Crippen LogP contribution in [0.5, 0.6) is 0 Å². The molecule has 0 aliphatic carbocycles. The van der Waals surface area contributed by atoms with Gasteiger partial charge in [0.2, 0.25) is 5.91 Å². The molecule has 1 atom stereocenters. The Balaban J connectivity index is 2.57. The number of likely N-dealkylation sites (tertiary alicyclic amines) is 1. The molecule has 0 aromatic carbocycles. The summed E-state index contributed by atoms with van der Waals surface area (Å²) in [7, 11) is 0. The standard InChI is InChI=1S/C15H23NO3/c1-11(2)6-4-7-12(3)10-14(17)16-9-5-8-13(16)15(18)19/h6,10,13H,4-5,7-9H2,1-3H3,(H,18,19). The minimum atomic E-state index is -0.901. The number of hydrogen-bond donors (Lipinski definition) is 1. The van der Waals surface area contributed by atoms with Crippen LogP contribution >= 0.6 is 0 Å². The first-order chi connectivity index (χ1) is 8.91. The number of rotatable bonds is 5. The zero-order chi connectivity index (χ0) is 14.4. The first-order valence-electron chi connectivity index (χ1n) is 6.75. The van der Waals surface area contributed by atoms with Crippen LogP contribution in [0.4, 0.5) is 0 Å². The molecule has 1 aliphatic rings. The van der Waals surface area contributed by atoms with Crippen molar-refractivity contribution in [3.05, 3.63) is 23.3 Å². The van der Waals surface area contributed by atoms with E-state index in [-0.39, 0.29) is 5.91 Å². The Bertz CT molecular complexity index is 406. The van der Waals surface area contributed by atoms with E-state index >= 15 is 0 Å². The number of carbonyl (C=O) groups is 2. The van der Waals surface area contributed by atoms with E-state index in [0.29, 0.717) is 13.0 Å². The van der Waals surface area contributed by atoms with Gasteiger partial charge in [-0.25, -0.2) is 4.79 Å². The van der Waals surface area contributed by atoms with Gasteiger partial charge in [-0.3, -0.25) is 4.79 Å². The van der Waals surface area contributed by atoms with Crippen molar-refractivity contribution >= 4 is 11.9 Å². The Morgan fingerprint density at radius 3 is 2.58 bits per heavy atom. The quantitative estimate of drug-likeness (QED) is 0.614. The zero-order valence-electron chi connectivity index (χ0n) is 12.0. The summed E-state index contributed by atoms with van der Waals surface area (Å²) >= 11 is 0. The first kappa shape index (κ1) is 15.5. The van der Waals surface area contributed by atoms with Gasteiger partial charge in [-0.2, -0.15) is 0 Å². The molecule has 4 heteroatoms. The van der Waals surface area contributed by atoms with Crippen LogP contribution in [0.2, 0.25) is 0 Å². The third-order valence-electron chi connectivity index (χ3n) is 3.28. The monoisotopic (exact) mass is 265 g/mol. The Morgan fingerprint density at radius 1 is 1.32 bits per heavy atom. The van der Waals surface area contributed by atoms with Crippen molar-refractivity contribution in [1.82, 2.24) is 4.90 Å². The lowest BCUT2D eigenvalue weighted by Crippen LogP contribution is -2.39. The summed E-state index contributed by atoms with van der Waals surface area (Å²) in [4.78, 5) is 24.5. The smallest absolute Gasteiger partial charge is 0.326 e. The Kier molecular flexibility index (Phi) is 5.80. The number of allylic oxidation sites excluding steroid dienone is 3. The van der Waals surface area contributed by atoms with Gasteiger partial charge < -0.3 is 10.0 Å². The van der Waals surface area contributed by atoms with Gasteiger partial charge in [0, 0.05) is 12.6 Å². The van der Waals surface area contributed by atoms with Crippen LogP contribution in [-0.2, 0) is 9.59 Å². The van der Waals surface area contributed by atoms with E-state index in [1.807, 2.05) is 20.8 Å². The van der Waals surface area contributed by atoms with E-state index in [4.69, 9.17) is 5.11 Å². The summed E-state index contributed by atoms with van der Waals surface area (Å²) in [6.07, 6.45) is 6.81. The van der Waals surface area contributed by atoms with Crippen molar-refractivity contribution < 1.29 is 14.7 Å². The highest BCUT2D eigenvalue weighted by Crippen LogP contribution is 2.18. The number of aliphatic carboxylic acids is 1. The molecule has 0 bridgehead atoms. The average molecular weight is 265 g/mol. The van der Waals surface area contributed by atoms with Gasteiger partial charge in [0.15, 0.2) is 0 Å². The lowest BCUT2D eigenvalue weighted by atomic mass is 10.1. The van der Waals surface area contributed by atoms with E-state index in [1.54, 1.807) is 6.08 Å². The number of carbonyl (C=O) groups excluding carboxylic acids is 1. The molecule has 1 aliphatic heterocycles. The molecule has 0 aromatic rings. The molecule has 4 nitrogen and oxygen atoms in total. The van der Waals surface area contributed by atoms with E-state index < -0.39 is 12.0 Å². The molecular weight excluding hydrogens is 242 g/mol. The summed E-state index contributed by atoms with van der Waals surface area (Å²) in [5.41, 5.74) is 2.27. The van der Waals surface area contributed by atoms with Crippen molar-refractivity contribution in [3.63, 3.8) is 0 Å². The highest BCUT2D eigenvalue weighted by Gasteiger charge is 2.32. The predicted octanol–water partition coefficient (Wildman–Crippen LogP) is 2.75. The molecule has 1 heterocycles. The van der Waals surface area contributed by atoms with Gasteiger partial charge in [0.25, 0.3) is 0 Å². The largest absolute Gasteiger partial charge is 0.480 e. The topological polar surface area (TPSA) is 57.6 Å². The molecule has 0 radical (unpaired) electrons. The molecule has 1 saturated heterocycles. The van der Waals surface area contributed by atoms with Crippen molar-refractivity contribution in [2.75, 3.05) is 6.54 Å². The van der Waals surface area contributed by atoms with Crippen LogP contribution in [0, 0.1) is 0 Å². The van der Waals surface area contributed by atoms with E-state index in [2.05, 4.69) is 6.08 Å². The first-order valence-corrected chi connectivity index (χ1v) is 6.75. The minimum Gasteiger partial charge on any atom is -0.480 e. The lowest BCUT2D eigenvalue weighted by molar-refractivity contribution is -0.146. The van der Waals surface area contributed by atoms with Crippen molar-refractivity contribution in [1.29, 1.82) is 0 Å². The average Bonchev–Trinajstić information content (AvgIpc) is 2.77. The van der Waals surface area contributed by atoms with Crippen molar-refractivity contribution in [2.24, 2.45) is 0 Å². The molecule has 1 N–H and O–H groups in total. The zero-order valence-corrected chi connectivity index (χ0v) is 12.0. The normalized spacial score (nSPS) is 19.4. The van der Waals surface area contributed by atoms with Crippen LogP contribution in [-0.4, -0.2) is 34.5 Å². The maximum atomic E-state index is 12.0. The molecule has 106 valence electrons. The second kappa shape index (κ2) is 7.12. The second-order valence-corrected chi connectivity index (χ2v) is 5.34. The third-order valence-corrected chi connectivity index (χ3v) is 3.28. The van der Waals surface area contributed by atoms with E-state index in [9.17, 15) is 9.59 Å². The number of carboxylic acid groups (broad SMARTS) is 1. The molecular formula is C15H23NO3. The highest BCUT2D eigenvalue weighted by molar-refractivity contribution is 5.92. The van der Waals surface area contributed by atoms with Crippen LogP contribution in [0.25, 0.3) is 0 Å². The summed E-state index contributed by atoms with van der Waals surface area (Å²) < 4.78 is 0. The van der Waals surface area contributed by atoms with Crippen LogP contribution < -0.4 is 0 Å². The number of carboxylic acids is 1. The van der Waals surface area contributed by atoms with Crippen LogP contribution in [0.15, 0.2) is 23.3 Å². The SMILES string of the molecule is CC(C)=CCCC(C)=CC(=O)N1CCCC1C(=O)O. The van der Waals surface area contributed by atoms with Crippen LogP contribution in [0.1, 0.15) is 46.5 Å². The number of amides is 1. The molecule has 19 heavy (non-hydrogen) atoms. The van der Waals surface area contributed by atoms with Crippen molar-refractivity contribution in [3.8, 4) is 0 Å². The van der Waals surface area contributed by atoms with Gasteiger partial charge in [-0.15, -0.1) is 0 Å². The second-order valence-electron chi connectivity index (χ2n) is 5.34.